The molecule has 1 aromatic carbocycles. The Kier molecular flexibility index (Phi) is 7.88. The summed E-state index contributed by atoms with van der Waals surface area (Å²) in [4.78, 5) is 12.2. The van der Waals surface area contributed by atoms with Gasteiger partial charge >= 0.3 is 0 Å². The highest BCUT2D eigenvalue weighted by Crippen LogP contribution is 2.32. The molecule has 0 aliphatic rings. The second-order valence-electron chi connectivity index (χ2n) is 4.80. The van der Waals surface area contributed by atoms with Gasteiger partial charge in [-0.3, -0.25) is 4.79 Å². The van der Waals surface area contributed by atoms with E-state index in [0.717, 1.165) is 24.6 Å². The second kappa shape index (κ2) is 9.66. The number of carbonyl (C=O) groups excluding carboxylic acids is 1. The third-order valence-corrected chi connectivity index (χ3v) is 6.67. The maximum Gasteiger partial charge on any atom is 0.237 e. The van der Waals surface area contributed by atoms with Crippen molar-refractivity contribution in [2.75, 3.05) is 11.1 Å². The number of rotatable bonds is 8. The number of unbranched alkanes of at least 4 members (excludes halogenated alkanes) is 1. The van der Waals surface area contributed by atoms with Crippen LogP contribution in [0.3, 0.4) is 0 Å². The van der Waals surface area contributed by atoms with E-state index in [9.17, 15) is 4.79 Å². The summed E-state index contributed by atoms with van der Waals surface area (Å²) in [5.41, 5.74) is 0.782. The molecule has 2 rings (SSSR count). The summed E-state index contributed by atoms with van der Waals surface area (Å²) in [5, 5.41) is 11.0. The molecule has 2 aromatic rings. The van der Waals surface area contributed by atoms with Gasteiger partial charge in [0.15, 0.2) is 8.68 Å². The first kappa shape index (κ1) is 18.8. The van der Waals surface area contributed by atoms with Crippen LogP contribution in [-0.2, 0) is 4.79 Å². The van der Waals surface area contributed by atoms with Gasteiger partial charge in [0.1, 0.15) is 0 Å². The van der Waals surface area contributed by atoms with Crippen LogP contribution in [0.2, 0.25) is 0 Å². The first-order chi connectivity index (χ1) is 11.1. The quantitative estimate of drug-likeness (QED) is 0.453. The van der Waals surface area contributed by atoms with Crippen molar-refractivity contribution >= 4 is 62.4 Å². The van der Waals surface area contributed by atoms with Gasteiger partial charge in [-0.05, 0) is 31.5 Å². The normalized spacial score (nSPS) is 12.1. The molecule has 1 unspecified atom stereocenters. The molecule has 0 bridgehead atoms. The van der Waals surface area contributed by atoms with Gasteiger partial charge < -0.3 is 5.32 Å². The van der Waals surface area contributed by atoms with E-state index < -0.39 is 0 Å². The molecule has 0 saturated heterocycles. The molecule has 0 radical (unpaired) electrons. The van der Waals surface area contributed by atoms with Gasteiger partial charge in [0, 0.05) is 15.9 Å². The number of anilines is 1. The summed E-state index contributed by atoms with van der Waals surface area (Å²) in [6.45, 7) is 4.05. The van der Waals surface area contributed by atoms with Crippen LogP contribution >= 0.6 is 50.8 Å². The van der Waals surface area contributed by atoms with Gasteiger partial charge in [0.05, 0.1) is 5.25 Å². The Morgan fingerprint density at radius 3 is 2.91 bits per heavy atom. The lowest BCUT2D eigenvalue weighted by Crippen LogP contribution is -2.22. The highest BCUT2D eigenvalue weighted by atomic mass is 79.9. The molecule has 23 heavy (non-hydrogen) atoms. The molecule has 4 nitrogen and oxygen atoms in total. The van der Waals surface area contributed by atoms with Crippen molar-refractivity contribution in [1.82, 2.24) is 10.2 Å². The van der Waals surface area contributed by atoms with E-state index in [1.807, 2.05) is 31.2 Å². The van der Waals surface area contributed by atoms with E-state index in [-0.39, 0.29) is 11.2 Å². The number of thioether (sulfide) groups is 2. The predicted molar refractivity (Wildman–Crippen MR) is 104 cm³/mol. The molecule has 1 amide bonds. The lowest BCUT2D eigenvalue weighted by molar-refractivity contribution is -0.115. The fraction of sp³-hybridized carbons (Fsp3) is 0.400. The van der Waals surface area contributed by atoms with Gasteiger partial charge in [-0.1, -0.05) is 70.2 Å². The fourth-order valence-electron chi connectivity index (χ4n) is 1.62. The number of carbonyl (C=O) groups is 1. The molecule has 0 fully saturated rings. The Morgan fingerprint density at radius 2 is 2.17 bits per heavy atom. The van der Waals surface area contributed by atoms with Crippen LogP contribution in [0.1, 0.15) is 26.7 Å². The molecule has 1 heterocycles. The van der Waals surface area contributed by atoms with E-state index in [1.54, 1.807) is 23.1 Å². The standard InChI is InChI=1S/C15H18BrN3OS3/c1-3-4-8-21-14-18-19-15(23-14)22-10(2)13(20)17-12-7-5-6-11(16)9-12/h5-7,9-10H,3-4,8H2,1-2H3,(H,17,20). The van der Waals surface area contributed by atoms with Crippen LogP contribution in [-0.4, -0.2) is 27.1 Å². The average Bonchev–Trinajstić information content (AvgIpc) is 2.95. The van der Waals surface area contributed by atoms with E-state index in [0.29, 0.717) is 0 Å². The molecule has 0 spiro atoms. The summed E-state index contributed by atoms with van der Waals surface area (Å²) < 4.78 is 2.75. The predicted octanol–water partition coefficient (Wildman–Crippen LogP) is 5.31. The van der Waals surface area contributed by atoms with Crippen LogP contribution in [0.5, 0.6) is 0 Å². The van der Waals surface area contributed by atoms with Crippen LogP contribution < -0.4 is 5.32 Å². The number of amides is 1. The molecule has 0 saturated carbocycles. The summed E-state index contributed by atoms with van der Waals surface area (Å²) in [7, 11) is 0. The Hall–Kier alpha value is -0.570. The van der Waals surface area contributed by atoms with E-state index >= 15 is 0 Å². The Morgan fingerprint density at radius 1 is 1.39 bits per heavy atom. The summed E-state index contributed by atoms with van der Waals surface area (Å²) in [6, 6.07) is 7.56. The first-order valence-electron chi connectivity index (χ1n) is 7.28. The number of aromatic nitrogens is 2. The van der Waals surface area contributed by atoms with Crippen molar-refractivity contribution < 1.29 is 4.79 Å². The molecule has 1 aromatic heterocycles. The Labute approximate surface area is 157 Å². The topological polar surface area (TPSA) is 54.9 Å². The van der Waals surface area contributed by atoms with Crippen LogP contribution in [0.4, 0.5) is 5.69 Å². The van der Waals surface area contributed by atoms with Gasteiger partial charge in [-0.15, -0.1) is 10.2 Å². The van der Waals surface area contributed by atoms with Crippen LogP contribution in [0, 0.1) is 0 Å². The zero-order valence-corrected chi connectivity index (χ0v) is 16.9. The summed E-state index contributed by atoms with van der Waals surface area (Å²) >= 11 is 8.12. The maximum absolute atomic E-state index is 12.2. The first-order valence-corrected chi connectivity index (χ1v) is 10.8. The summed E-state index contributed by atoms with van der Waals surface area (Å²) in [5.74, 6) is 1.03. The van der Waals surface area contributed by atoms with Crippen LogP contribution in [0.15, 0.2) is 37.4 Å². The molecule has 1 N–H and O–H groups in total. The van der Waals surface area contributed by atoms with Crippen molar-refractivity contribution in [3.63, 3.8) is 0 Å². The highest BCUT2D eigenvalue weighted by Gasteiger charge is 2.17. The number of nitrogens with zero attached hydrogens (tertiary/aromatic N) is 2. The van der Waals surface area contributed by atoms with Gasteiger partial charge in [-0.25, -0.2) is 0 Å². The number of nitrogens with one attached hydrogen (secondary N) is 1. The van der Waals surface area contributed by atoms with Crippen molar-refractivity contribution in [1.29, 1.82) is 0 Å². The lowest BCUT2D eigenvalue weighted by Gasteiger charge is -2.10. The zero-order valence-electron chi connectivity index (χ0n) is 12.9. The summed E-state index contributed by atoms with van der Waals surface area (Å²) in [6.07, 6.45) is 2.36. The van der Waals surface area contributed by atoms with Crippen LogP contribution in [0.25, 0.3) is 0 Å². The monoisotopic (exact) mass is 431 g/mol. The van der Waals surface area contributed by atoms with Gasteiger partial charge in [0.25, 0.3) is 0 Å². The van der Waals surface area contributed by atoms with Crippen molar-refractivity contribution in [3.8, 4) is 0 Å². The minimum absolute atomic E-state index is 0.0384. The molecule has 8 heteroatoms. The van der Waals surface area contributed by atoms with E-state index in [4.69, 9.17) is 0 Å². The largest absolute Gasteiger partial charge is 0.325 e. The van der Waals surface area contributed by atoms with Gasteiger partial charge in [-0.2, -0.15) is 0 Å². The highest BCUT2D eigenvalue weighted by molar-refractivity contribution is 9.10. The fourth-order valence-corrected chi connectivity index (χ4v) is 5.34. The van der Waals surface area contributed by atoms with Crippen molar-refractivity contribution in [3.05, 3.63) is 28.7 Å². The van der Waals surface area contributed by atoms with Gasteiger partial charge in [0.2, 0.25) is 5.91 Å². The number of halogens is 1. The second-order valence-corrected chi connectivity index (χ2v) is 9.62. The molecule has 0 aliphatic carbocycles. The molecule has 0 aliphatic heterocycles. The Balaban J connectivity index is 1.85. The molecule has 1 atom stereocenters. The van der Waals surface area contributed by atoms with E-state index in [2.05, 4.69) is 38.4 Å². The number of benzene rings is 1. The number of hydrogen-bond acceptors (Lipinski definition) is 6. The lowest BCUT2D eigenvalue weighted by atomic mass is 10.3. The Bertz CT molecular complexity index is 650. The minimum atomic E-state index is -0.226. The minimum Gasteiger partial charge on any atom is -0.325 e. The zero-order chi connectivity index (χ0) is 16.7. The third kappa shape index (κ3) is 6.45. The average molecular weight is 432 g/mol. The third-order valence-electron chi connectivity index (χ3n) is 2.85. The number of hydrogen-bond donors (Lipinski definition) is 1. The molecular weight excluding hydrogens is 414 g/mol. The molecular formula is C15H18BrN3OS3. The smallest absolute Gasteiger partial charge is 0.237 e. The van der Waals surface area contributed by atoms with E-state index in [1.165, 1.54) is 24.6 Å². The SMILES string of the molecule is CCCCSc1nnc(SC(C)C(=O)Nc2cccc(Br)c2)s1. The van der Waals surface area contributed by atoms with Crippen molar-refractivity contribution in [2.24, 2.45) is 0 Å². The molecule has 124 valence electrons. The maximum atomic E-state index is 12.2. The van der Waals surface area contributed by atoms with Crippen molar-refractivity contribution in [2.45, 2.75) is 40.6 Å².